The van der Waals surface area contributed by atoms with Gasteiger partial charge in [0, 0.05) is 23.7 Å². The maximum atomic E-state index is 11.4. The number of benzene rings is 1. The zero-order valence-corrected chi connectivity index (χ0v) is 11.1. The van der Waals surface area contributed by atoms with Gasteiger partial charge < -0.3 is 5.32 Å². The van der Waals surface area contributed by atoms with Crippen molar-refractivity contribution in [3.05, 3.63) is 58.9 Å². The van der Waals surface area contributed by atoms with Crippen LogP contribution in [-0.4, -0.2) is 16.1 Å². The van der Waals surface area contributed by atoms with E-state index in [1.807, 2.05) is 19.1 Å². The molecule has 0 fully saturated rings. The van der Waals surface area contributed by atoms with Gasteiger partial charge in [-0.25, -0.2) is 5.10 Å². The molecule has 2 N–H and O–H groups in total. The lowest BCUT2D eigenvalue weighted by molar-refractivity contribution is -0.115. The minimum Gasteiger partial charge on any atom is -0.326 e. The Morgan fingerprint density at radius 2 is 2.10 bits per heavy atom. The molecule has 0 unspecified atom stereocenters. The molecule has 5 heteroatoms. The quantitative estimate of drug-likeness (QED) is 0.836. The highest BCUT2D eigenvalue weighted by Crippen LogP contribution is 2.21. The molecular weight excluding hydrogens is 254 g/mol. The zero-order valence-electron chi connectivity index (χ0n) is 11.1. The summed E-state index contributed by atoms with van der Waals surface area (Å²) in [4.78, 5) is 22.6. The lowest BCUT2D eigenvalue weighted by atomic mass is 10.1. The predicted octanol–water partition coefficient (Wildman–Crippen LogP) is 2.26. The molecule has 1 heterocycles. The molecule has 20 heavy (non-hydrogen) atoms. The lowest BCUT2D eigenvalue weighted by Crippen LogP contribution is -2.10. The Labute approximate surface area is 116 Å². The van der Waals surface area contributed by atoms with Crippen LogP contribution >= 0.6 is 0 Å². The molecule has 102 valence electrons. The van der Waals surface area contributed by atoms with Crippen LogP contribution in [0, 0.1) is 6.92 Å². The van der Waals surface area contributed by atoms with Crippen molar-refractivity contribution >= 4 is 11.6 Å². The summed E-state index contributed by atoms with van der Waals surface area (Å²) >= 11 is 0. The van der Waals surface area contributed by atoms with E-state index in [-0.39, 0.29) is 17.9 Å². The fourth-order valence-corrected chi connectivity index (χ4v) is 1.84. The minimum atomic E-state index is -0.223. The van der Waals surface area contributed by atoms with Gasteiger partial charge in [-0.3, -0.25) is 9.59 Å². The first-order chi connectivity index (χ1) is 9.60. The summed E-state index contributed by atoms with van der Waals surface area (Å²) in [5, 5.41) is 9.20. The Hall–Kier alpha value is -2.69. The van der Waals surface area contributed by atoms with Gasteiger partial charge in [-0.2, -0.15) is 5.10 Å². The van der Waals surface area contributed by atoms with Gasteiger partial charge in [0.1, 0.15) is 0 Å². The Morgan fingerprint density at radius 3 is 2.70 bits per heavy atom. The van der Waals surface area contributed by atoms with Gasteiger partial charge >= 0.3 is 0 Å². The van der Waals surface area contributed by atoms with E-state index in [4.69, 9.17) is 0 Å². The topological polar surface area (TPSA) is 74.8 Å². The number of rotatable bonds is 4. The van der Waals surface area contributed by atoms with E-state index in [9.17, 15) is 9.59 Å². The summed E-state index contributed by atoms with van der Waals surface area (Å²) in [6, 6.07) is 8.78. The van der Waals surface area contributed by atoms with Crippen LogP contribution in [0.25, 0.3) is 11.3 Å². The number of anilines is 1. The molecule has 2 rings (SSSR count). The van der Waals surface area contributed by atoms with E-state index in [0.717, 1.165) is 11.1 Å². The second kappa shape index (κ2) is 5.97. The molecule has 0 atom stereocenters. The monoisotopic (exact) mass is 269 g/mol. The Morgan fingerprint density at radius 1 is 1.40 bits per heavy atom. The van der Waals surface area contributed by atoms with Crippen molar-refractivity contribution in [3.8, 4) is 11.3 Å². The van der Waals surface area contributed by atoms with Gasteiger partial charge in [-0.05, 0) is 24.6 Å². The van der Waals surface area contributed by atoms with Gasteiger partial charge in [0.25, 0.3) is 5.56 Å². The first-order valence-corrected chi connectivity index (χ1v) is 6.17. The number of H-pyrrole nitrogens is 1. The molecule has 5 nitrogen and oxygen atoms in total. The minimum absolute atomic E-state index is 0.105. The third kappa shape index (κ3) is 3.20. The second-order valence-electron chi connectivity index (χ2n) is 4.38. The molecule has 0 spiro atoms. The first-order valence-electron chi connectivity index (χ1n) is 6.17. The number of carbonyl (C=O) groups excluding carboxylic acids is 1. The van der Waals surface area contributed by atoms with Gasteiger partial charge in [0.05, 0.1) is 5.69 Å². The number of nitrogens with zero attached hydrogens (tertiary/aromatic N) is 1. The van der Waals surface area contributed by atoms with Crippen LogP contribution in [0.5, 0.6) is 0 Å². The summed E-state index contributed by atoms with van der Waals surface area (Å²) in [5.74, 6) is -0.105. The van der Waals surface area contributed by atoms with Gasteiger partial charge in [-0.15, -0.1) is 6.58 Å². The lowest BCUT2D eigenvalue weighted by Gasteiger charge is -2.06. The number of amides is 1. The van der Waals surface area contributed by atoms with Crippen LogP contribution in [0.3, 0.4) is 0 Å². The number of carbonyl (C=O) groups is 1. The van der Waals surface area contributed by atoms with Crippen LogP contribution in [0.15, 0.2) is 47.8 Å². The van der Waals surface area contributed by atoms with Crippen LogP contribution in [0.1, 0.15) is 12.0 Å². The molecule has 0 aliphatic carbocycles. The molecule has 0 saturated heterocycles. The van der Waals surface area contributed by atoms with Crippen molar-refractivity contribution in [1.82, 2.24) is 10.2 Å². The number of hydrogen-bond donors (Lipinski definition) is 2. The molecule has 0 radical (unpaired) electrons. The number of aryl methyl sites for hydroxylation is 1. The number of aromatic amines is 1. The summed E-state index contributed by atoms with van der Waals surface area (Å²) in [6.07, 6.45) is 1.83. The molecule has 1 aromatic carbocycles. The molecular formula is C15H15N3O2. The van der Waals surface area contributed by atoms with Crippen molar-refractivity contribution < 1.29 is 4.79 Å². The average Bonchev–Trinajstić information content (AvgIpc) is 2.40. The molecule has 0 bridgehead atoms. The highest BCUT2D eigenvalue weighted by atomic mass is 16.1. The number of nitrogens with one attached hydrogen (secondary N) is 2. The van der Waals surface area contributed by atoms with Gasteiger partial charge in [0.15, 0.2) is 0 Å². The van der Waals surface area contributed by atoms with Crippen LogP contribution < -0.4 is 10.9 Å². The second-order valence-corrected chi connectivity index (χ2v) is 4.38. The van der Waals surface area contributed by atoms with E-state index in [0.29, 0.717) is 11.4 Å². The first kappa shape index (κ1) is 13.7. The fraction of sp³-hybridized carbons (Fsp3) is 0.133. The Kier molecular flexibility index (Phi) is 4.10. The third-order valence-corrected chi connectivity index (χ3v) is 2.77. The highest BCUT2D eigenvalue weighted by molar-refractivity contribution is 5.91. The largest absolute Gasteiger partial charge is 0.326 e. The Bertz CT molecular complexity index is 687. The summed E-state index contributed by atoms with van der Waals surface area (Å²) in [5.41, 5.74) is 2.88. The molecule has 1 amide bonds. The SMILES string of the molecule is C=CCC(=O)Nc1ccc(-c2n[nH]c(=O)cc2C)cc1. The van der Waals surface area contributed by atoms with E-state index < -0.39 is 0 Å². The molecule has 0 aliphatic rings. The van der Waals surface area contributed by atoms with Crippen LogP contribution in [0.2, 0.25) is 0 Å². The smallest absolute Gasteiger partial charge is 0.264 e. The van der Waals surface area contributed by atoms with E-state index >= 15 is 0 Å². The summed E-state index contributed by atoms with van der Waals surface area (Å²) in [6.45, 7) is 5.35. The summed E-state index contributed by atoms with van der Waals surface area (Å²) < 4.78 is 0. The molecule has 1 aromatic heterocycles. The zero-order chi connectivity index (χ0) is 14.5. The normalized spacial score (nSPS) is 10.1. The van der Waals surface area contributed by atoms with E-state index in [1.165, 1.54) is 6.07 Å². The molecule has 0 aliphatic heterocycles. The number of aromatic nitrogens is 2. The van der Waals surface area contributed by atoms with Crippen molar-refractivity contribution in [2.24, 2.45) is 0 Å². The van der Waals surface area contributed by atoms with E-state index in [1.54, 1.807) is 18.2 Å². The highest BCUT2D eigenvalue weighted by Gasteiger charge is 2.05. The maximum Gasteiger partial charge on any atom is 0.264 e. The maximum absolute atomic E-state index is 11.4. The van der Waals surface area contributed by atoms with E-state index in [2.05, 4.69) is 22.1 Å². The average molecular weight is 269 g/mol. The predicted molar refractivity (Wildman–Crippen MR) is 78.5 cm³/mol. The Balaban J connectivity index is 2.21. The third-order valence-electron chi connectivity index (χ3n) is 2.77. The van der Waals surface area contributed by atoms with Crippen molar-refractivity contribution in [2.75, 3.05) is 5.32 Å². The fourth-order valence-electron chi connectivity index (χ4n) is 1.84. The standard InChI is InChI=1S/C15H15N3O2/c1-3-4-13(19)16-12-7-5-11(6-8-12)15-10(2)9-14(20)17-18-15/h3,5-9H,1,4H2,2H3,(H,16,19)(H,17,20). The van der Waals surface area contributed by atoms with Crippen molar-refractivity contribution in [3.63, 3.8) is 0 Å². The summed E-state index contributed by atoms with van der Waals surface area (Å²) in [7, 11) is 0. The molecule has 2 aromatic rings. The van der Waals surface area contributed by atoms with Gasteiger partial charge in [-0.1, -0.05) is 18.2 Å². The van der Waals surface area contributed by atoms with Crippen LogP contribution in [0.4, 0.5) is 5.69 Å². The van der Waals surface area contributed by atoms with Crippen molar-refractivity contribution in [1.29, 1.82) is 0 Å². The number of hydrogen-bond acceptors (Lipinski definition) is 3. The van der Waals surface area contributed by atoms with Crippen molar-refractivity contribution in [2.45, 2.75) is 13.3 Å². The van der Waals surface area contributed by atoms with Gasteiger partial charge in [0.2, 0.25) is 5.91 Å². The van der Waals surface area contributed by atoms with Crippen LogP contribution in [-0.2, 0) is 4.79 Å². The molecule has 0 saturated carbocycles.